The van der Waals surface area contributed by atoms with Gasteiger partial charge < -0.3 is 4.74 Å². The lowest BCUT2D eigenvalue weighted by atomic mass is 10.1. The molecule has 178 valence electrons. The van der Waals surface area contributed by atoms with Crippen LogP contribution in [0.2, 0.25) is 0 Å². The Bertz CT molecular complexity index is 1550. The minimum atomic E-state index is -3.77. The molecule has 0 spiro atoms. The highest BCUT2D eigenvalue weighted by Gasteiger charge is 2.16. The molecule has 0 aliphatic heterocycles. The molecular formula is C25H23N5O3S2. The number of hydrogen-bond donors (Lipinski definition) is 1. The van der Waals surface area contributed by atoms with Gasteiger partial charge in [-0.1, -0.05) is 31.5 Å². The van der Waals surface area contributed by atoms with E-state index < -0.39 is 10.0 Å². The first-order valence-electron chi connectivity index (χ1n) is 11.2. The number of sulfonamides is 1. The third-order valence-corrected chi connectivity index (χ3v) is 7.58. The van der Waals surface area contributed by atoms with Gasteiger partial charge in [-0.25, -0.2) is 8.42 Å². The first-order chi connectivity index (χ1) is 17.0. The molecule has 1 N–H and O–H groups in total. The zero-order chi connectivity index (χ0) is 24.3. The number of nitrogens with zero attached hydrogens (tertiary/aromatic N) is 4. The van der Waals surface area contributed by atoms with Crippen LogP contribution in [0.3, 0.4) is 0 Å². The van der Waals surface area contributed by atoms with Gasteiger partial charge in [-0.15, -0.1) is 21.5 Å². The molecule has 0 fully saturated rings. The molecule has 2 aromatic carbocycles. The molecule has 0 aliphatic rings. The van der Waals surface area contributed by atoms with Crippen molar-refractivity contribution >= 4 is 32.7 Å². The van der Waals surface area contributed by atoms with Crippen LogP contribution in [0.4, 0.5) is 5.69 Å². The minimum absolute atomic E-state index is 0.162. The number of benzene rings is 2. The summed E-state index contributed by atoms with van der Waals surface area (Å²) in [6.45, 7) is 2.70. The lowest BCUT2D eigenvalue weighted by Gasteiger charge is -2.11. The molecule has 0 radical (unpaired) electrons. The number of rotatable bonds is 9. The summed E-state index contributed by atoms with van der Waals surface area (Å²) < 4.78 is 35.9. The van der Waals surface area contributed by atoms with Gasteiger partial charge in [0.15, 0.2) is 11.5 Å². The van der Waals surface area contributed by atoms with Crippen molar-refractivity contribution in [3.05, 3.63) is 78.2 Å². The second-order valence-corrected chi connectivity index (χ2v) is 10.5. The summed E-state index contributed by atoms with van der Waals surface area (Å²) in [5, 5.41) is 15.1. The number of ether oxygens (including phenoxy) is 1. The number of fused-ring (bicyclic) bond motifs is 1. The van der Waals surface area contributed by atoms with Crippen molar-refractivity contribution in [3.8, 4) is 27.7 Å². The number of hydrogen-bond acceptors (Lipinski definition) is 7. The van der Waals surface area contributed by atoms with E-state index in [4.69, 9.17) is 9.84 Å². The monoisotopic (exact) mass is 505 g/mol. The van der Waals surface area contributed by atoms with Gasteiger partial charge in [0, 0.05) is 11.3 Å². The largest absolute Gasteiger partial charge is 0.494 e. The first-order valence-corrected chi connectivity index (χ1v) is 13.5. The van der Waals surface area contributed by atoms with Crippen LogP contribution in [0, 0.1) is 0 Å². The zero-order valence-corrected chi connectivity index (χ0v) is 20.6. The van der Waals surface area contributed by atoms with E-state index in [1.807, 2.05) is 35.7 Å². The van der Waals surface area contributed by atoms with Crippen LogP contribution >= 0.6 is 11.3 Å². The highest BCUT2D eigenvalue weighted by molar-refractivity contribution is 7.92. The molecular weight excluding hydrogens is 482 g/mol. The number of thiophene rings is 1. The lowest BCUT2D eigenvalue weighted by molar-refractivity contribution is 0.309. The van der Waals surface area contributed by atoms with Crippen LogP contribution in [-0.4, -0.2) is 34.8 Å². The van der Waals surface area contributed by atoms with E-state index in [0.29, 0.717) is 35.2 Å². The Morgan fingerprint density at radius 1 is 1.00 bits per heavy atom. The SMILES string of the molecule is CCCCOc1ccc(S(=O)(=O)Nc2cccc(-c3ccc4nnc(-c5cccs5)n4n3)c2)cc1. The molecule has 10 heteroatoms. The molecule has 35 heavy (non-hydrogen) atoms. The van der Waals surface area contributed by atoms with Crippen molar-refractivity contribution in [3.63, 3.8) is 0 Å². The zero-order valence-electron chi connectivity index (χ0n) is 19.0. The number of nitrogens with one attached hydrogen (secondary N) is 1. The fourth-order valence-electron chi connectivity index (χ4n) is 3.51. The van der Waals surface area contributed by atoms with Crippen molar-refractivity contribution in [2.24, 2.45) is 0 Å². The average molecular weight is 506 g/mol. The highest BCUT2D eigenvalue weighted by atomic mass is 32.2. The maximum Gasteiger partial charge on any atom is 0.261 e. The molecule has 5 aromatic rings. The van der Waals surface area contributed by atoms with E-state index in [9.17, 15) is 8.42 Å². The Labute approximate surface area is 207 Å². The Balaban J connectivity index is 1.38. The molecule has 0 atom stereocenters. The molecule has 0 saturated heterocycles. The van der Waals surface area contributed by atoms with Crippen LogP contribution < -0.4 is 9.46 Å². The van der Waals surface area contributed by atoms with Gasteiger partial charge in [0.05, 0.1) is 22.1 Å². The third kappa shape index (κ3) is 5.03. The number of unbranched alkanes of at least 4 members (excludes halogenated alkanes) is 1. The Kier molecular flexibility index (Phi) is 6.47. The predicted octanol–water partition coefficient (Wildman–Crippen LogP) is 5.50. The number of anilines is 1. The van der Waals surface area contributed by atoms with Gasteiger partial charge >= 0.3 is 0 Å². The van der Waals surface area contributed by atoms with E-state index in [1.54, 1.807) is 58.3 Å². The third-order valence-electron chi connectivity index (χ3n) is 5.32. The molecule has 3 heterocycles. The second kappa shape index (κ2) is 9.85. The summed E-state index contributed by atoms with van der Waals surface area (Å²) in [4.78, 5) is 1.13. The molecule has 0 unspecified atom stereocenters. The maximum atomic E-state index is 13.0. The normalized spacial score (nSPS) is 11.6. The lowest BCUT2D eigenvalue weighted by Crippen LogP contribution is -2.13. The smallest absolute Gasteiger partial charge is 0.261 e. The minimum Gasteiger partial charge on any atom is -0.494 e. The molecule has 0 saturated carbocycles. The fourth-order valence-corrected chi connectivity index (χ4v) is 5.25. The predicted molar refractivity (Wildman–Crippen MR) is 137 cm³/mol. The van der Waals surface area contributed by atoms with Gasteiger partial charge in [-0.05, 0) is 66.4 Å². The Morgan fingerprint density at radius 3 is 2.63 bits per heavy atom. The molecule has 0 amide bonds. The van der Waals surface area contributed by atoms with Gasteiger partial charge in [0.25, 0.3) is 10.0 Å². The molecule has 5 rings (SSSR count). The highest BCUT2D eigenvalue weighted by Crippen LogP contribution is 2.26. The summed E-state index contributed by atoms with van der Waals surface area (Å²) in [5.74, 6) is 1.31. The quantitative estimate of drug-likeness (QED) is 0.266. The first kappa shape index (κ1) is 23.0. The molecule has 3 aromatic heterocycles. The summed E-state index contributed by atoms with van der Waals surface area (Å²) in [6, 6.07) is 21.2. The molecule has 0 bridgehead atoms. The van der Waals surface area contributed by atoms with E-state index in [1.165, 1.54) is 0 Å². The van der Waals surface area contributed by atoms with Crippen LogP contribution in [0.5, 0.6) is 5.75 Å². The average Bonchev–Trinajstić information content (AvgIpc) is 3.54. The van der Waals surface area contributed by atoms with Crippen molar-refractivity contribution in [2.75, 3.05) is 11.3 Å². The topological polar surface area (TPSA) is 98.5 Å². The Morgan fingerprint density at radius 2 is 1.86 bits per heavy atom. The van der Waals surface area contributed by atoms with E-state index >= 15 is 0 Å². The van der Waals surface area contributed by atoms with Crippen molar-refractivity contribution in [1.82, 2.24) is 19.8 Å². The van der Waals surface area contributed by atoms with Gasteiger partial charge in [0.2, 0.25) is 0 Å². The summed E-state index contributed by atoms with van der Waals surface area (Å²) in [6.07, 6.45) is 1.99. The summed E-state index contributed by atoms with van der Waals surface area (Å²) >= 11 is 1.56. The van der Waals surface area contributed by atoms with E-state index in [0.717, 1.165) is 23.3 Å². The second-order valence-electron chi connectivity index (χ2n) is 7.85. The van der Waals surface area contributed by atoms with Crippen LogP contribution in [0.15, 0.2) is 83.1 Å². The van der Waals surface area contributed by atoms with Crippen LogP contribution in [0.1, 0.15) is 19.8 Å². The van der Waals surface area contributed by atoms with Crippen molar-refractivity contribution in [2.45, 2.75) is 24.7 Å². The van der Waals surface area contributed by atoms with Crippen LogP contribution in [0.25, 0.3) is 27.6 Å². The molecule has 0 aliphatic carbocycles. The number of aromatic nitrogens is 4. The van der Waals surface area contributed by atoms with Gasteiger partial charge in [0.1, 0.15) is 5.75 Å². The standard InChI is InChI=1S/C25H23N5O3S2/c1-2-3-15-33-20-9-11-21(12-10-20)35(31,32)29-19-7-4-6-18(17-19)22-13-14-24-26-27-25(30(24)28-22)23-8-5-16-34-23/h4-14,16-17,29H,2-3,15H2,1H3. The van der Waals surface area contributed by atoms with Crippen molar-refractivity contribution < 1.29 is 13.2 Å². The van der Waals surface area contributed by atoms with Gasteiger partial charge in [-0.2, -0.15) is 9.61 Å². The Hall–Kier alpha value is -3.76. The van der Waals surface area contributed by atoms with E-state index in [2.05, 4.69) is 21.8 Å². The fraction of sp³-hybridized carbons (Fsp3) is 0.160. The van der Waals surface area contributed by atoms with Crippen molar-refractivity contribution in [1.29, 1.82) is 0 Å². The molecule has 8 nitrogen and oxygen atoms in total. The maximum absolute atomic E-state index is 13.0. The summed E-state index contributed by atoms with van der Waals surface area (Å²) in [5.41, 5.74) is 2.51. The van der Waals surface area contributed by atoms with Gasteiger partial charge in [-0.3, -0.25) is 4.72 Å². The van der Waals surface area contributed by atoms with E-state index in [-0.39, 0.29) is 4.90 Å². The summed E-state index contributed by atoms with van der Waals surface area (Å²) in [7, 11) is -3.77. The van der Waals surface area contributed by atoms with Crippen LogP contribution in [-0.2, 0) is 10.0 Å².